The van der Waals surface area contributed by atoms with Gasteiger partial charge in [-0.15, -0.1) is 0 Å². The van der Waals surface area contributed by atoms with Crippen LogP contribution in [0.15, 0.2) is 12.3 Å². The van der Waals surface area contributed by atoms with Gasteiger partial charge in [-0.2, -0.15) is 13.2 Å². The zero-order valence-corrected chi connectivity index (χ0v) is 14.6. The maximum Gasteiger partial charge on any atom is 0.422 e. The van der Waals surface area contributed by atoms with Gasteiger partial charge in [-0.3, -0.25) is 14.6 Å². The van der Waals surface area contributed by atoms with Crippen LogP contribution in [0.1, 0.15) is 41.7 Å². The summed E-state index contributed by atoms with van der Waals surface area (Å²) < 4.78 is 47.5. The molecule has 1 aromatic heterocycles. The molecule has 3 N–H and O–H groups in total. The number of nitrogens with zero attached hydrogens (tertiary/aromatic N) is 1. The number of nitrogens with two attached hydrogens (primary N) is 1. The third-order valence-electron chi connectivity index (χ3n) is 4.66. The van der Waals surface area contributed by atoms with Crippen molar-refractivity contribution in [2.45, 2.75) is 37.9 Å². The molecular formula is C17H20F3N3O4. The van der Waals surface area contributed by atoms with Gasteiger partial charge >= 0.3 is 6.18 Å². The number of primary amides is 1. The quantitative estimate of drug-likeness (QED) is 0.738. The van der Waals surface area contributed by atoms with Gasteiger partial charge in [-0.25, -0.2) is 0 Å². The number of hydrogen-bond donors (Lipinski definition) is 2. The molecule has 1 aromatic rings. The molecule has 148 valence electrons. The molecule has 0 unspecified atom stereocenters. The lowest BCUT2D eigenvalue weighted by Crippen LogP contribution is -2.61. The Morgan fingerprint density at radius 1 is 1.44 bits per heavy atom. The average molecular weight is 387 g/mol. The van der Waals surface area contributed by atoms with Crippen molar-refractivity contribution in [2.75, 3.05) is 19.8 Å². The molecule has 1 saturated carbocycles. The fourth-order valence-electron chi connectivity index (χ4n) is 2.94. The van der Waals surface area contributed by atoms with E-state index in [9.17, 15) is 22.8 Å². The van der Waals surface area contributed by atoms with E-state index in [1.54, 1.807) is 6.92 Å². The molecule has 0 radical (unpaired) electrons. The Balaban J connectivity index is 1.78. The fraction of sp³-hybridized carbons (Fsp3) is 0.588. The van der Waals surface area contributed by atoms with E-state index in [0.717, 1.165) is 12.8 Å². The topological polar surface area (TPSA) is 104 Å². The van der Waals surface area contributed by atoms with Crippen molar-refractivity contribution in [1.29, 1.82) is 0 Å². The van der Waals surface area contributed by atoms with E-state index in [0.29, 0.717) is 5.56 Å². The lowest BCUT2D eigenvalue weighted by Gasteiger charge is -2.42. The number of pyridine rings is 1. The number of carbonyl (C=O) groups excluding carboxylic acids is 2. The van der Waals surface area contributed by atoms with E-state index in [-0.39, 0.29) is 30.6 Å². The molecule has 2 amide bonds. The number of aromatic nitrogens is 1. The maximum absolute atomic E-state index is 12.5. The highest BCUT2D eigenvalue weighted by Crippen LogP contribution is 2.44. The standard InChI is InChI=1S/C17H20F3N3O4/c1-16(6-26-7-16)13(14(21)24)23-15(25)11-4-12(27-8-17(18,19)20)10(5-22-11)9-2-3-9/h4-5,9,13H,2-3,6-8H2,1H3,(H2,21,24)(H,23,25)/t13-/m1/s1. The second-order valence-corrected chi connectivity index (χ2v) is 7.24. The van der Waals surface area contributed by atoms with Gasteiger partial charge in [0.25, 0.3) is 5.91 Å². The van der Waals surface area contributed by atoms with Crippen LogP contribution in [0.25, 0.3) is 0 Å². The number of alkyl halides is 3. The Morgan fingerprint density at radius 2 is 2.11 bits per heavy atom. The summed E-state index contributed by atoms with van der Waals surface area (Å²) in [7, 11) is 0. The van der Waals surface area contributed by atoms with Crippen LogP contribution in [0.5, 0.6) is 5.75 Å². The number of amides is 2. The Bertz CT molecular complexity index is 745. The summed E-state index contributed by atoms with van der Waals surface area (Å²) in [6.07, 6.45) is -1.48. The molecule has 7 nitrogen and oxygen atoms in total. The zero-order valence-electron chi connectivity index (χ0n) is 14.6. The van der Waals surface area contributed by atoms with Gasteiger partial charge in [0.2, 0.25) is 5.91 Å². The second kappa shape index (κ2) is 6.99. The lowest BCUT2D eigenvalue weighted by molar-refractivity contribution is -0.153. The van der Waals surface area contributed by atoms with Crippen molar-refractivity contribution >= 4 is 11.8 Å². The number of rotatable bonds is 7. The Morgan fingerprint density at radius 3 is 2.59 bits per heavy atom. The molecular weight excluding hydrogens is 367 g/mol. The molecule has 2 aliphatic rings. The Labute approximate surface area is 153 Å². The molecule has 2 heterocycles. The van der Waals surface area contributed by atoms with Crippen molar-refractivity contribution in [3.8, 4) is 5.75 Å². The number of ether oxygens (including phenoxy) is 2. The minimum absolute atomic E-state index is 0.0243. The zero-order chi connectivity index (χ0) is 19.8. The van der Waals surface area contributed by atoms with Crippen molar-refractivity contribution < 1.29 is 32.2 Å². The fourth-order valence-corrected chi connectivity index (χ4v) is 2.94. The number of halogens is 3. The van der Waals surface area contributed by atoms with Crippen LogP contribution in [0.2, 0.25) is 0 Å². The lowest BCUT2D eigenvalue weighted by atomic mass is 9.80. The van der Waals surface area contributed by atoms with Gasteiger partial charge in [-0.05, 0) is 18.8 Å². The molecule has 1 saturated heterocycles. The summed E-state index contributed by atoms with van der Waals surface area (Å²) in [6, 6.07) is 0.190. The molecule has 1 aliphatic carbocycles. The van der Waals surface area contributed by atoms with Crippen LogP contribution in [-0.4, -0.2) is 48.8 Å². The van der Waals surface area contributed by atoms with Gasteiger partial charge in [0.05, 0.1) is 13.2 Å². The minimum atomic E-state index is -4.50. The first-order chi connectivity index (χ1) is 12.6. The van der Waals surface area contributed by atoms with E-state index >= 15 is 0 Å². The van der Waals surface area contributed by atoms with Crippen LogP contribution in [-0.2, 0) is 9.53 Å². The largest absolute Gasteiger partial charge is 0.484 e. The third kappa shape index (κ3) is 4.49. The Hall–Kier alpha value is -2.36. The summed E-state index contributed by atoms with van der Waals surface area (Å²) in [5, 5.41) is 2.51. The van der Waals surface area contributed by atoms with E-state index in [2.05, 4.69) is 10.3 Å². The first kappa shape index (κ1) is 19.4. The highest BCUT2D eigenvalue weighted by Gasteiger charge is 2.45. The van der Waals surface area contributed by atoms with Gasteiger partial charge in [0.15, 0.2) is 6.61 Å². The smallest absolute Gasteiger partial charge is 0.422 e. The van der Waals surface area contributed by atoms with E-state index in [1.165, 1.54) is 12.3 Å². The average Bonchev–Trinajstić information content (AvgIpc) is 3.39. The maximum atomic E-state index is 12.5. The highest BCUT2D eigenvalue weighted by molar-refractivity contribution is 5.96. The van der Waals surface area contributed by atoms with Crippen LogP contribution in [0.4, 0.5) is 13.2 Å². The molecule has 1 atom stereocenters. The third-order valence-corrected chi connectivity index (χ3v) is 4.66. The van der Waals surface area contributed by atoms with Crippen LogP contribution in [0, 0.1) is 5.41 Å². The molecule has 0 bridgehead atoms. The van der Waals surface area contributed by atoms with E-state index in [4.69, 9.17) is 15.2 Å². The molecule has 0 aromatic carbocycles. The van der Waals surface area contributed by atoms with Crippen molar-refractivity contribution in [2.24, 2.45) is 11.1 Å². The van der Waals surface area contributed by atoms with E-state index < -0.39 is 36.1 Å². The summed E-state index contributed by atoms with van der Waals surface area (Å²) >= 11 is 0. The minimum Gasteiger partial charge on any atom is -0.484 e. The Kier molecular flexibility index (Phi) is 5.02. The van der Waals surface area contributed by atoms with Crippen molar-refractivity contribution in [3.63, 3.8) is 0 Å². The van der Waals surface area contributed by atoms with E-state index in [1.807, 2.05) is 0 Å². The summed E-state index contributed by atoms with van der Waals surface area (Å²) in [5.74, 6) is -1.38. The predicted octanol–water partition coefficient (Wildman–Crippen LogP) is 1.52. The van der Waals surface area contributed by atoms with Crippen LogP contribution >= 0.6 is 0 Å². The first-order valence-electron chi connectivity index (χ1n) is 8.46. The molecule has 0 spiro atoms. The van der Waals surface area contributed by atoms with Crippen LogP contribution < -0.4 is 15.8 Å². The second-order valence-electron chi connectivity index (χ2n) is 7.24. The SMILES string of the molecule is CC1([C@H](NC(=O)c2cc(OCC(F)(F)F)c(C3CC3)cn2)C(N)=O)COC1. The van der Waals surface area contributed by atoms with Gasteiger partial charge in [0, 0.05) is 23.2 Å². The van der Waals surface area contributed by atoms with Crippen molar-refractivity contribution in [3.05, 3.63) is 23.5 Å². The number of nitrogens with one attached hydrogen (secondary N) is 1. The molecule has 3 rings (SSSR count). The molecule has 1 aliphatic heterocycles. The van der Waals surface area contributed by atoms with Gasteiger partial charge in [0.1, 0.15) is 17.5 Å². The van der Waals surface area contributed by atoms with Gasteiger partial charge in [-0.1, -0.05) is 6.92 Å². The normalized spacial score (nSPS) is 19.7. The number of hydrogen-bond acceptors (Lipinski definition) is 5. The highest BCUT2D eigenvalue weighted by atomic mass is 19.4. The summed E-state index contributed by atoms with van der Waals surface area (Å²) in [6.45, 7) is 0.800. The molecule has 27 heavy (non-hydrogen) atoms. The molecule has 2 fully saturated rings. The summed E-state index contributed by atoms with van der Waals surface area (Å²) in [4.78, 5) is 28.2. The predicted molar refractivity (Wildman–Crippen MR) is 87.1 cm³/mol. The first-order valence-corrected chi connectivity index (χ1v) is 8.46. The summed E-state index contributed by atoms with van der Waals surface area (Å²) in [5.41, 5.74) is 5.14. The molecule has 10 heteroatoms. The monoisotopic (exact) mass is 387 g/mol. The van der Waals surface area contributed by atoms with Gasteiger partial charge < -0.3 is 20.5 Å². The number of carbonyl (C=O) groups is 2. The van der Waals surface area contributed by atoms with Crippen LogP contribution in [0.3, 0.4) is 0 Å². The van der Waals surface area contributed by atoms with Crippen molar-refractivity contribution in [1.82, 2.24) is 10.3 Å².